The van der Waals surface area contributed by atoms with Gasteiger partial charge in [0.15, 0.2) is 0 Å². The Bertz CT molecular complexity index is 229. The molecule has 2 N–H and O–H groups in total. The summed E-state index contributed by atoms with van der Waals surface area (Å²) in [4.78, 5) is 0. The first-order chi connectivity index (χ1) is 4.86. The Morgan fingerprint density at radius 2 is 2.20 bits per heavy atom. The maximum atomic E-state index is 5.81. The van der Waals surface area contributed by atoms with Crippen LogP contribution >= 0.6 is 11.3 Å². The van der Waals surface area contributed by atoms with Gasteiger partial charge in [-0.25, -0.2) is 0 Å². The number of fused-ring (bicyclic) bond motifs is 1. The summed E-state index contributed by atoms with van der Waals surface area (Å²) in [5.74, 6) is 0. The second-order valence-electron chi connectivity index (χ2n) is 2.93. The topological polar surface area (TPSA) is 26.0 Å². The van der Waals surface area contributed by atoms with E-state index in [1.165, 1.54) is 24.0 Å². The van der Waals surface area contributed by atoms with E-state index in [-0.39, 0.29) is 0 Å². The molecule has 0 unspecified atom stereocenters. The number of thiophene rings is 1. The molecule has 1 heterocycles. The third-order valence-electron chi connectivity index (χ3n) is 2.10. The van der Waals surface area contributed by atoms with Gasteiger partial charge in [0.2, 0.25) is 0 Å². The highest BCUT2D eigenvalue weighted by molar-refractivity contribution is 7.08. The van der Waals surface area contributed by atoms with Crippen LogP contribution in [-0.2, 0) is 12.8 Å². The van der Waals surface area contributed by atoms with Gasteiger partial charge in [-0.05, 0) is 41.1 Å². The molecule has 54 valence electrons. The summed E-state index contributed by atoms with van der Waals surface area (Å²) < 4.78 is 0. The minimum absolute atomic E-state index is 0.419. The summed E-state index contributed by atoms with van der Waals surface area (Å²) in [7, 11) is 0. The van der Waals surface area contributed by atoms with Crippen molar-refractivity contribution in [2.45, 2.75) is 25.3 Å². The van der Waals surface area contributed by atoms with Gasteiger partial charge >= 0.3 is 0 Å². The molecule has 1 atom stereocenters. The van der Waals surface area contributed by atoms with Crippen molar-refractivity contribution in [3.8, 4) is 0 Å². The van der Waals surface area contributed by atoms with E-state index < -0.39 is 0 Å². The molecule has 1 aromatic heterocycles. The Hall–Kier alpha value is -0.340. The zero-order valence-corrected chi connectivity index (χ0v) is 6.66. The lowest BCUT2D eigenvalue weighted by molar-refractivity contribution is 0.579. The van der Waals surface area contributed by atoms with Gasteiger partial charge < -0.3 is 5.73 Å². The second-order valence-corrected chi connectivity index (χ2v) is 3.67. The molecule has 1 aliphatic rings. The Labute approximate surface area is 64.9 Å². The van der Waals surface area contributed by atoms with E-state index in [4.69, 9.17) is 5.73 Å². The number of hydrogen-bond acceptors (Lipinski definition) is 2. The van der Waals surface area contributed by atoms with E-state index in [9.17, 15) is 0 Å². The van der Waals surface area contributed by atoms with Crippen LogP contribution in [0.3, 0.4) is 0 Å². The van der Waals surface area contributed by atoms with Crippen molar-refractivity contribution in [3.05, 3.63) is 21.9 Å². The SMILES string of the molecule is N[C@H]1CCc2cscc2C1. The van der Waals surface area contributed by atoms with Gasteiger partial charge in [-0.3, -0.25) is 0 Å². The lowest BCUT2D eigenvalue weighted by Gasteiger charge is -2.17. The van der Waals surface area contributed by atoms with Crippen LogP contribution in [0.1, 0.15) is 17.5 Å². The van der Waals surface area contributed by atoms with Crippen LogP contribution in [0.5, 0.6) is 0 Å². The fourth-order valence-electron chi connectivity index (χ4n) is 1.47. The summed E-state index contributed by atoms with van der Waals surface area (Å²) in [6.45, 7) is 0. The van der Waals surface area contributed by atoms with Crippen molar-refractivity contribution in [2.24, 2.45) is 5.73 Å². The molecule has 10 heavy (non-hydrogen) atoms. The van der Waals surface area contributed by atoms with E-state index in [1.54, 1.807) is 11.3 Å². The second kappa shape index (κ2) is 2.36. The first-order valence-corrected chi connectivity index (χ1v) is 4.60. The molecule has 0 saturated carbocycles. The summed E-state index contributed by atoms with van der Waals surface area (Å²) in [5.41, 5.74) is 8.84. The predicted molar refractivity (Wildman–Crippen MR) is 44.3 cm³/mol. The fourth-order valence-corrected chi connectivity index (χ4v) is 2.39. The van der Waals surface area contributed by atoms with Crippen LogP contribution in [0.4, 0.5) is 0 Å². The third kappa shape index (κ3) is 0.976. The normalized spacial score (nSPS) is 24.3. The van der Waals surface area contributed by atoms with E-state index in [0.29, 0.717) is 6.04 Å². The van der Waals surface area contributed by atoms with Crippen LogP contribution in [0.25, 0.3) is 0 Å². The molecule has 1 aromatic rings. The highest BCUT2D eigenvalue weighted by Gasteiger charge is 2.14. The molecule has 1 nitrogen and oxygen atoms in total. The van der Waals surface area contributed by atoms with E-state index in [2.05, 4.69) is 10.8 Å². The van der Waals surface area contributed by atoms with Crippen molar-refractivity contribution in [2.75, 3.05) is 0 Å². The number of aryl methyl sites for hydroxylation is 1. The Balaban J connectivity index is 2.30. The molecule has 0 amide bonds. The van der Waals surface area contributed by atoms with Crippen LogP contribution in [0, 0.1) is 0 Å². The van der Waals surface area contributed by atoms with Crippen molar-refractivity contribution >= 4 is 11.3 Å². The van der Waals surface area contributed by atoms with Crippen LogP contribution in [0.15, 0.2) is 10.8 Å². The van der Waals surface area contributed by atoms with Crippen molar-refractivity contribution < 1.29 is 0 Å². The predicted octanol–water partition coefficient (Wildman–Crippen LogP) is 1.56. The van der Waals surface area contributed by atoms with Crippen LogP contribution in [0.2, 0.25) is 0 Å². The molecule has 2 heteroatoms. The standard InChI is InChI=1S/C8H11NS/c9-8-2-1-6-4-10-5-7(6)3-8/h4-5,8H,1-3,9H2/t8-/m0/s1. The monoisotopic (exact) mass is 153 g/mol. The zero-order chi connectivity index (χ0) is 6.97. The molecule has 0 spiro atoms. The number of nitrogens with two attached hydrogens (primary N) is 1. The Morgan fingerprint density at radius 1 is 1.40 bits per heavy atom. The van der Waals surface area contributed by atoms with E-state index >= 15 is 0 Å². The highest BCUT2D eigenvalue weighted by Crippen LogP contribution is 2.23. The van der Waals surface area contributed by atoms with Gasteiger partial charge in [-0.1, -0.05) is 0 Å². The van der Waals surface area contributed by atoms with Gasteiger partial charge in [-0.15, -0.1) is 0 Å². The first-order valence-electron chi connectivity index (χ1n) is 3.66. The molecule has 1 aliphatic carbocycles. The summed E-state index contributed by atoms with van der Waals surface area (Å²) >= 11 is 1.80. The molecule has 0 radical (unpaired) electrons. The quantitative estimate of drug-likeness (QED) is 0.601. The van der Waals surface area contributed by atoms with Gasteiger partial charge in [0.05, 0.1) is 0 Å². The molecule has 0 bridgehead atoms. The summed E-state index contributed by atoms with van der Waals surface area (Å²) in [5, 5.41) is 4.48. The van der Waals surface area contributed by atoms with Gasteiger partial charge in [-0.2, -0.15) is 11.3 Å². The molecule has 0 aromatic carbocycles. The van der Waals surface area contributed by atoms with Crippen molar-refractivity contribution in [3.63, 3.8) is 0 Å². The minimum atomic E-state index is 0.419. The number of hydrogen-bond donors (Lipinski definition) is 1. The molecule has 0 fully saturated rings. The lowest BCUT2D eigenvalue weighted by Crippen LogP contribution is -2.26. The largest absolute Gasteiger partial charge is 0.327 e. The molecular weight excluding hydrogens is 142 g/mol. The first kappa shape index (κ1) is 6.38. The maximum Gasteiger partial charge on any atom is 0.00828 e. The molecule has 0 saturated heterocycles. The molecule has 2 rings (SSSR count). The molecule has 0 aliphatic heterocycles. The van der Waals surface area contributed by atoms with Crippen molar-refractivity contribution in [1.29, 1.82) is 0 Å². The summed E-state index contributed by atoms with van der Waals surface area (Å²) in [6.07, 6.45) is 3.46. The lowest BCUT2D eigenvalue weighted by atomic mass is 9.92. The number of rotatable bonds is 0. The van der Waals surface area contributed by atoms with E-state index in [1.807, 2.05) is 0 Å². The third-order valence-corrected chi connectivity index (χ3v) is 2.94. The van der Waals surface area contributed by atoms with Crippen LogP contribution < -0.4 is 5.73 Å². The van der Waals surface area contributed by atoms with Gasteiger partial charge in [0.25, 0.3) is 0 Å². The maximum absolute atomic E-state index is 5.81. The highest BCUT2D eigenvalue weighted by atomic mass is 32.1. The fraction of sp³-hybridized carbons (Fsp3) is 0.500. The smallest absolute Gasteiger partial charge is 0.00828 e. The van der Waals surface area contributed by atoms with Gasteiger partial charge in [0, 0.05) is 6.04 Å². The summed E-state index contributed by atoms with van der Waals surface area (Å²) in [6, 6.07) is 0.419. The van der Waals surface area contributed by atoms with Crippen molar-refractivity contribution in [1.82, 2.24) is 0 Å². The minimum Gasteiger partial charge on any atom is -0.327 e. The zero-order valence-electron chi connectivity index (χ0n) is 5.84. The Kier molecular flexibility index (Phi) is 1.51. The average Bonchev–Trinajstić information content (AvgIpc) is 2.33. The Morgan fingerprint density at radius 3 is 3.10 bits per heavy atom. The van der Waals surface area contributed by atoms with E-state index in [0.717, 1.165) is 6.42 Å². The van der Waals surface area contributed by atoms with Gasteiger partial charge in [0.1, 0.15) is 0 Å². The molecular formula is C8H11NS. The van der Waals surface area contributed by atoms with Crippen LogP contribution in [-0.4, -0.2) is 6.04 Å². The average molecular weight is 153 g/mol.